The number of rotatable bonds is 4. The van der Waals surface area contributed by atoms with Crippen molar-refractivity contribution in [2.24, 2.45) is 0 Å². The van der Waals surface area contributed by atoms with Crippen LogP contribution >= 0.6 is 11.3 Å². The van der Waals surface area contributed by atoms with E-state index in [1.54, 1.807) is 6.92 Å². The third-order valence-corrected chi connectivity index (χ3v) is 5.12. The molecule has 2 heterocycles. The Morgan fingerprint density at radius 3 is 3.00 bits per heavy atom. The molecule has 5 nitrogen and oxygen atoms in total. The highest BCUT2D eigenvalue weighted by atomic mass is 32.1. The maximum Gasteiger partial charge on any atom is 0.256 e. The van der Waals surface area contributed by atoms with E-state index in [0.29, 0.717) is 36.0 Å². The van der Waals surface area contributed by atoms with Crippen molar-refractivity contribution in [3.63, 3.8) is 0 Å². The number of likely N-dealkylation sites (N-methyl/N-ethyl adjacent to an activating group) is 1. The molecular formula is C17H19F2N3O2S. The van der Waals surface area contributed by atoms with Gasteiger partial charge in [-0.25, -0.2) is 13.8 Å². The quantitative estimate of drug-likeness (QED) is 0.903. The van der Waals surface area contributed by atoms with Crippen LogP contribution in [0.1, 0.15) is 16.1 Å². The summed E-state index contributed by atoms with van der Waals surface area (Å²) in [5, 5.41) is 3.22. The summed E-state index contributed by atoms with van der Waals surface area (Å²) in [5.41, 5.74) is 1.11. The summed E-state index contributed by atoms with van der Waals surface area (Å²) in [7, 11) is 1.94. The van der Waals surface area contributed by atoms with E-state index in [2.05, 4.69) is 10.3 Å². The van der Waals surface area contributed by atoms with E-state index in [1.165, 1.54) is 23.5 Å². The molecule has 1 aromatic carbocycles. The van der Waals surface area contributed by atoms with Gasteiger partial charge in [-0.1, -0.05) is 6.07 Å². The lowest BCUT2D eigenvalue weighted by Crippen LogP contribution is -2.46. The highest BCUT2D eigenvalue weighted by Crippen LogP contribution is 2.26. The van der Waals surface area contributed by atoms with Crippen LogP contribution in [-0.2, 0) is 16.0 Å². The van der Waals surface area contributed by atoms with E-state index >= 15 is 0 Å². The average molecular weight is 367 g/mol. The molecule has 1 fully saturated rings. The number of hydrogen-bond acceptors (Lipinski definition) is 5. The van der Waals surface area contributed by atoms with Crippen LogP contribution in [0.2, 0.25) is 0 Å². The zero-order chi connectivity index (χ0) is 18.0. The summed E-state index contributed by atoms with van der Waals surface area (Å²) < 4.78 is 32.3. The van der Waals surface area contributed by atoms with Crippen LogP contribution in [0, 0.1) is 18.6 Å². The molecule has 1 amide bonds. The molecule has 134 valence electrons. The molecule has 0 radical (unpaired) electrons. The smallest absolute Gasteiger partial charge is 0.256 e. The molecule has 0 bridgehead atoms. The Hall–Kier alpha value is -1.90. The summed E-state index contributed by atoms with van der Waals surface area (Å²) in [6, 6.07) is 3.52. The number of thiazole rings is 1. The number of carbonyl (C=O) groups excluding carboxylic acids is 1. The first-order chi connectivity index (χ1) is 11.9. The second-order valence-corrected chi connectivity index (χ2v) is 7.13. The number of halogens is 2. The van der Waals surface area contributed by atoms with E-state index in [0.717, 1.165) is 17.5 Å². The number of hydrogen-bond donors (Lipinski definition) is 1. The minimum Gasteiger partial charge on any atom is -0.366 e. The summed E-state index contributed by atoms with van der Waals surface area (Å²) >= 11 is 1.29. The van der Waals surface area contributed by atoms with Crippen molar-refractivity contribution in [1.82, 2.24) is 9.88 Å². The molecule has 0 spiro atoms. The van der Waals surface area contributed by atoms with E-state index in [9.17, 15) is 13.6 Å². The molecule has 0 saturated carbocycles. The van der Waals surface area contributed by atoms with Crippen molar-refractivity contribution >= 4 is 22.4 Å². The third kappa shape index (κ3) is 4.39. The lowest BCUT2D eigenvalue weighted by molar-refractivity contribution is -0.132. The molecule has 1 aliphatic heterocycles. The van der Waals surface area contributed by atoms with Crippen LogP contribution in [-0.4, -0.2) is 48.6 Å². The van der Waals surface area contributed by atoms with Crippen LogP contribution in [0.4, 0.5) is 13.9 Å². The number of aryl methyl sites for hydroxylation is 1. The zero-order valence-corrected chi connectivity index (χ0v) is 14.8. The van der Waals surface area contributed by atoms with Gasteiger partial charge < -0.3 is 9.64 Å². The first-order valence-electron chi connectivity index (χ1n) is 7.93. The second kappa shape index (κ2) is 7.55. The predicted molar refractivity (Wildman–Crippen MR) is 91.9 cm³/mol. The Morgan fingerprint density at radius 1 is 1.48 bits per heavy atom. The number of nitrogens with one attached hydrogen (secondary N) is 1. The fraction of sp³-hybridized carbons (Fsp3) is 0.412. The van der Waals surface area contributed by atoms with Crippen molar-refractivity contribution in [1.29, 1.82) is 0 Å². The van der Waals surface area contributed by atoms with Crippen molar-refractivity contribution in [3.8, 4) is 0 Å². The normalized spacial score (nSPS) is 18.3. The lowest BCUT2D eigenvalue weighted by Gasteiger charge is -2.28. The number of benzene rings is 1. The number of carbonyl (C=O) groups is 1. The molecule has 1 aromatic heterocycles. The SMILES string of the molecule is Cc1nc(NC(=O)C2CN(C)CCO2)sc1Cc1ccc(F)cc1F. The molecule has 2 aromatic rings. The average Bonchev–Trinajstić information content (AvgIpc) is 2.89. The van der Waals surface area contributed by atoms with Gasteiger partial charge in [-0.05, 0) is 25.6 Å². The minimum atomic E-state index is -0.604. The summed E-state index contributed by atoms with van der Waals surface area (Å²) in [6.45, 7) is 3.64. The van der Waals surface area contributed by atoms with Crippen LogP contribution in [0.3, 0.4) is 0 Å². The summed E-state index contributed by atoms with van der Waals surface area (Å²) in [4.78, 5) is 19.5. The Labute approximate surface area is 148 Å². The van der Waals surface area contributed by atoms with E-state index in [4.69, 9.17) is 4.74 Å². The number of aromatic nitrogens is 1. The first kappa shape index (κ1) is 17.9. The second-order valence-electron chi connectivity index (χ2n) is 6.05. The molecule has 1 saturated heterocycles. The minimum absolute atomic E-state index is 0.236. The number of ether oxygens (including phenoxy) is 1. The third-order valence-electron chi connectivity index (χ3n) is 4.05. The van der Waals surface area contributed by atoms with E-state index < -0.39 is 17.7 Å². The molecule has 8 heteroatoms. The van der Waals surface area contributed by atoms with Gasteiger partial charge in [0.2, 0.25) is 0 Å². The van der Waals surface area contributed by atoms with Crippen LogP contribution in [0.25, 0.3) is 0 Å². The molecule has 0 aliphatic carbocycles. The summed E-state index contributed by atoms with van der Waals surface area (Å²) in [6.07, 6.45) is -0.227. The zero-order valence-electron chi connectivity index (χ0n) is 14.0. The Balaban J connectivity index is 1.68. The maximum absolute atomic E-state index is 13.8. The first-order valence-corrected chi connectivity index (χ1v) is 8.75. The van der Waals surface area contributed by atoms with Gasteiger partial charge in [0.1, 0.15) is 17.7 Å². The molecule has 1 N–H and O–H groups in total. The van der Waals surface area contributed by atoms with Gasteiger partial charge in [-0.3, -0.25) is 10.1 Å². The lowest BCUT2D eigenvalue weighted by atomic mass is 10.1. The van der Waals surface area contributed by atoms with Gasteiger partial charge in [0.25, 0.3) is 5.91 Å². The number of amides is 1. The van der Waals surface area contributed by atoms with Gasteiger partial charge in [-0.2, -0.15) is 0 Å². The van der Waals surface area contributed by atoms with Crippen molar-refractivity contribution in [2.45, 2.75) is 19.4 Å². The monoisotopic (exact) mass is 367 g/mol. The van der Waals surface area contributed by atoms with Crippen molar-refractivity contribution in [2.75, 3.05) is 32.1 Å². The van der Waals surface area contributed by atoms with Crippen molar-refractivity contribution in [3.05, 3.63) is 46.0 Å². The van der Waals surface area contributed by atoms with Crippen LogP contribution < -0.4 is 5.32 Å². The number of anilines is 1. The number of morpholine rings is 1. The molecule has 3 rings (SSSR count). The molecular weight excluding hydrogens is 348 g/mol. The van der Waals surface area contributed by atoms with Crippen molar-refractivity contribution < 1.29 is 18.3 Å². The van der Waals surface area contributed by atoms with Gasteiger partial charge in [0.15, 0.2) is 5.13 Å². The molecule has 1 unspecified atom stereocenters. The van der Waals surface area contributed by atoms with E-state index in [1.807, 2.05) is 11.9 Å². The molecule has 1 aliphatic rings. The van der Waals surface area contributed by atoms with Gasteiger partial charge in [-0.15, -0.1) is 11.3 Å². The Bertz CT molecular complexity index is 781. The maximum atomic E-state index is 13.8. The topological polar surface area (TPSA) is 54.5 Å². The number of nitrogens with zero attached hydrogens (tertiary/aromatic N) is 2. The van der Waals surface area contributed by atoms with E-state index in [-0.39, 0.29) is 5.91 Å². The van der Waals surface area contributed by atoms with Crippen LogP contribution in [0.15, 0.2) is 18.2 Å². The van der Waals surface area contributed by atoms with Gasteiger partial charge >= 0.3 is 0 Å². The largest absolute Gasteiger partial charge is 0.366 e. The fourth-order valence-corrected chi connectivity index (χ4v) is 3.59. The Kier molecular flexibility index (Phi) is 5.41. The van der Waals surface area contributed by atoms with Gasteiger partial charge in [0.05, 0.1) is 12.3 Å². The molecule has 25 heavy (non-hydrogen) atoms. The highest BCUT2D eigenvalue weighted by molar-refractivity contribution is 7.15. The van der Waals surface area contributed by atoms with Gasteiger partial charge in [0, 0.05) is 30.5 Å². The highest BCUT2D eigenvalue weighted by Gasteiger charge is 2.25. The molecule has 1 atom stereocenters. The summed E-state index contributed by atoms with van der Waals surface area (Å²) in [5.74, 6) is -1.43. The fourth-order valence-electron chi connectivity index (χ4n) is 2.61. The Morgan fingerprint density at radius 2 is 2.28 bits per heavy atom. The predicted octanol–water partition coefficient (Wildman–Crippen LogP) is 2.59. The standard InChI is InChI=1S/C17H19F2N3O2S/c1-10-15(7-11-3-4-12(18)8-13(11)19)25-17(20-10)21-16(23)14-9-22(2)5-6-24-14/h3-4,8,14H,5-7,9H2,1-2H3,(H,20,21,23). The van der Waals surface area contributed by atoms with Crippen LogP contribution in [0.5, 0.6) is 0 Å².